The van der Waals surface area contributed by atoms with Gasteiger partial charge in [-0.15, -0.1) is 0 Å². The van der Waals surface area contributed by atoms with E-state index in [1.807, 2.05) is 0 Å². The molecule has 0 aliphatic carbocycles. The number of rotatable bonds is 4. The third kappa shape index (κ3) is 4.22. The first-order valence-corrected chi connectivity index (χ1v) is 8.21. The van der Waals surface area contributed by atoms with Crippen molar-refractivity contribution in [1.29, 1.82) is 0 Å². The van der Waals surface area contributed by atoms with E-state index in [0.717, 1.165) is 5.56 Å². The molecule has 2 rings (SSSR count). The molecule has 6 heteroatoms. The van der Waals surface area contributed by atoms with Crippen LogP contribution in [0.1, 0.15) is 35.7 Å². The van der Waals surface area contributed by atoms with Crippen LogP contribution in [0.5, 0.6) is 0 Å². The van der Waals surface area contributed by atoms with Crippen LogP contribution < -0.4 is 0 Å². The van der Waals surface area contributed by atoms with Gasteiger partial charge in [-0.05, 0) is 18.4 Å². The second kappa shape index (κ2) is 6.95. The van der Waals surface area contributed by atoms with E-state index in [9.17, 15) is 13.8 Å². The van der Waals surface area contributed by atoms with Crippen molar-refractivity contribution < 1.29 is 18.4 Å². The summed E-state index contributed by atoms with van der Waals surface area (Å²) in [6.45, 7) is 2.81. The summed E-state index contributed by atoms with van der Waals surface area (Å²) in [6.07, 6.45) is 1.39. The minimum atomic E-state index is -1.87. The van der Waals surface area contributed by atoms with Crippen molar-refractivity contribution in [3.63, 3.8) is 0 Å². The molecule has 1 aliphatic heterocycles. The van der Waals surface area contributed by atoms with E-state index in [1.54, 1.807) is 36.1 Å². The zero-order valence-corrected chi connectivity index (χ0v) is 12.8. The van der Waals surface area contributed by atoms with Crippen molar-refractivity contribution in [3.8, 4) is 0 Å². The van der Waals surface area contributed by atoms with E-state index in [4.69, 9.17) is 4.55 Å². The Balaban J connectivity index is 1.97. The average molecular weight is 309 g/mol. The number of benzene rings is 1. The molecule has 1 heterocycles. The minimum absolute atomic E-state index is 0.0431. The molecule has 0 aromatic heterocycles. The third-order valence-corrected chi connectivity index (χ3v) is 4.42. The largest absolute Gasteiger partial charge is 0.343 e. The molecule has 1 atom stereocenters. The van der Waals surface area contributed by atoms with Gasteiger partial charge in [0.25, 0.3) is 0 Å². The maximum Gasteiger partial charge on any atom is 0.219 e. The van der Waals surface area contributed by atoms with Gasteiger partial charge in [0.1, 0.15) is 0 Å². The van der Waals surface area contributed by atoms with Gasteiger partial charge in [0, 0.05) is 31.5 Å². The van der Waals surface area contributed by atoms with Crippen molar-refractivity contribution in [2.45, 2.75) is 25.5 Å². The molecule has 0 spiro atoms. The lowest BCUT2D eigenvalue weighted by atomic mass is 9.88. The van der Waals surface area contributed by atoms with E-state index in [2.05, 4.69) is 0 Å². The highest BCUT2D eigenvalue weighted by Gasteiger charge is 2.26. The van der Waals surface area contributed by atoms with Gasteiger partial charge < -0.3 is 9.45 Å². The van der Waals surface area contributed by atoms with E-state index >= 15 is 0 Å². The molecule has 1 amide bonds. The molecule has 114 valence electrons. The normalized spacial score (nSPS) is 17.5. The van der Waals surface area contributed by atoms with Gasteiger partial charge in [-0.3, -0.25) is 9.59 Å². The second-order valence-electron chi connectivity index (χ2n) is 5.31. The van der Waals surface area contributed by atoms with Gasteiger partial charge in [0.05, 0.1) is 5.75 Å². The summed E-state index contributed by atoms with van der Waals surface area (Å²) in [7, 11) is 0. The minimum Gasteiger partial charge on any atom is -0.343 e. The summed E-state index contributed by atoms with van der Waals surface area (Å²) in [5.74, 6) is 0.182. The van der Waals surface area contributed by atoms with E-state index < -0.39 is 11.1 Å². The van der Waals surface area contributed by atoms with Crippen LogP contribution >= 0.6 is 0 Å². The lowest BCUT2D eigenvalue weighted by molar-refractivity contribution is -0.130. The van der Waals surface area contributed by atoms with Crippen LogP contribution in [0.4, 0.5) is 0 Å². The van der Waals surface area contributed by atoms with Crippen molar-refractivity contribution in [3.05, 3.63) is 35.4 Å². The number of amides is 1. The van der Waals surface area contributed by atoms with Crippen LogP contribution in [0.3, 0.4) is 0 Å². The monoisotopic (exact) mass is 309 g/mol. The predicted octanol–water partition coefficient (Wildman–Crippen LogP) is 1.85. The Morgan fingerprint density at radius 1 is 1.24 bits per heavy atom. The lowest BCUT2D eigenvalue weighted by Gasteiger charge is -2.30. The van der Waals surface area contributed by atoms with E-state index in [0.29, 0.717) is 31.5 Å². The van der Waals surface area contributed by atoms with Crippen LogP contribution in [0.15, 0.2) is 24.3 Å². The topological polar surface area (TPSA) is 74.7 Å². The number of ketones is 1. The SMILES string of the molecule is CC(=O)N1CCC(C(=O)c2ccc(CS(=O)O)cc2)CC1. The first-order valence-electron chi connectivity index (χ1n) is 6.93. The Labute approximate surface area is 126 Å². The van der Waals surface area contributed by atoms with E-state index in [-0.39, 0.29) is 23.4 Å². The molecule has 0 saturated carbocycles. The van der Waals surface area contributed by atoms with E-state index in [1.165, 1.54) is 0 Å². The molecule has 1 N–H and O–H groups in total. The first-order chi connectivity index (χ1) is 9.97. The molecule has 5 nitrogen and oxygen atoms in total. The number of likely N-dealkylation sites (tertiary alicyclic amines) is 1. The Bertz CT molecular complexity index is 547. The predicted molar refractivity (Wildman–Crippen MR) is 80.2 cm³/mol. The van der Waals surface area contributed by atoms with Gasteiger partial charge in [-0.25, -0.2) is 4.21 Å². The number of Topliss-reactive ketones (excluding diaryl/α,β-unsaturated/α-hetero) is 1. The van der Waals surface area contributed by atoms with Gasteiger partial charge in [-0.1, -0.05) is 24.3 Å². The summed E-state index contributed by atoms with van der Waals surface area (Å²) in [5, 5.41) is 0. The molecule has 1 aromatic carbocycles. The van der Waals surface area contributed by atoms with Crippen LogP contribution in [0.2, 0.25) is 0 Å². The first kappa shape index (κ1) is 15.9. The zero-order valence-electron chi connectivity index (χ0n) is 11.9. The highest BCUT2D eigenvalue weighted by atomic mass is 32.2. The molecule has 21 heavy (non-hydrogen) atoms. The zero-order chi connectivity index (χ0) is 15.4. The molecule has 1 aromatic rings. The number of piperidine rings is 1. The molecule has 1 unspecified atom stereocenters. The molecule has 1 saturated heterocycles. The quantitative estimate of drug-likeness (QED) is 0.680. The standard InChI is InChI=1S/C15H19NO4S/c1-11(17)16-8-6-14(7-9-16)15(18)13-4-2-12(3-5-13)10-21(19)20/h2-5,14H,6-10H2,1H3,(H,19,20). The molecule has 0 bridgehead atoms. The molecule has 1 aliphatic rings. The van der Waals surface area contributed by atoms with Crippen LogP contribution in [0, 0.1) is 5.92 Å². The average Bonchev–Trinajstić information content (AvgIpc) is 2.47. The number of carbonyl (C=O) groups excluding carboxylic acids is 2. The van der Waals surface area contributed by atoms with Crippen molar-refractivity contribution in [2.75, 3.05) is 13.1 Å². The summed E-state index contributed by atoms with van der Waals surface area (Å²) in [6, 6.07) is 6.85. The van der Waals surface area contributed by atoms with Crippen molar-refractivity contribution >= 4 is 22.8 Å². The summed E-state index contributed by atoms with van der Waals surface area (Å²) in [5.41, 5.74) is 1.36. The highest BCUT2D eigenvalue weighted by molar-refractivity contribution is 7.78. The number of hydrogen-bond donors (Lipinski definition) is 1. The molecular formula is C15H19NO4S. The summed E-state index contributed by atoms with van der Waals surface area (Å²) >= 11 is -1.87. The molecule has 1 fully saturated rings. The smallest absolute Gasteiger partial charge is 0.219 e. The van der Waals surface area contributed by atoms with Crippen LogP contribution in [-0.4, -0.2) is 38.4 Å². The van der Waals surface area contributed by atoms with Crippen molar-refractivity contribution in [2.24, 2.45) is 5.92 Å². The summed E-state index contributed by atoms with van der Waals surface area (Å²) in [4.78, 5) is 25.4. The fourth-order valence-electron chi connectivity index (χ4n) is 2.60. The fraction of sp³-hybridized carbons (Fsp3) is 0.467. The van der Waals surface area contributed by atoms with Crippen LogP contribution in [0.25, 0.3) is 0 Å². The van der Waals surface area contributed by atoms with Gasteiger partial charge in [0.15, 0.2) is 16.9 Å². The lowest BCUT2D eigenvalue weighted by Crippen LogP contribution is -2.39. The Hall–Kier alpha value is -1.53. The van der Waals surface area contributed by atoms with Crippen LogP contribution in [-0.2, 0) is 21.6 Å². The van der Waals surface area contributed by atoms with Gasteiger partial charge >= 0.3 is 0 Å². The molecular weight excluding hydrogens is 290 g/mol. The Kier molecular flexibility index (Phi) is 5.25. The Morgan fingerprint density at radius 2 is 1.81 bits per heavy atom. The highest BCUT2D eigenvalue weighted by Crippen LogP contribution is 2.22. The second-order valence-corrected chi connectivity index (χ2v) is 6.24. The number of carbonyl (C=O) groups is 2. The Morgan fingerprint density at radius 3 is 2.29 bits per heavy atom. The summed E-state index contributed by atoms with van der Waals surface area (Å²) < 4.78 is 19.6. The van der Waals surface area contributed by atoms with Crippen molar-refractivity contribution in [1.82, 2.24) is 4.90 Å². The maximum atomic E-state index is 12.4. The molecule has 0 radical (unpaired) electrons. The third-order valence-electron chi connectivity index (χ3n) is 3.84. The fourth-order valence-corrected chi connectivity index (χ4v) is 3.08. The number of hydrogen-bond acceptors (Lipinski definition) is 3. The van der Waals surface area contributed by atoms with Gasteiger partial charge in [0.2, 0.25) is 5.91 Å². The maximum absolute atomic E-state index is 12.4. The van der Waals surface area contributed by atoms with Gasteiger partial charge in [-0.2, -0.15) is 0 Å². The number of nitrogens with zero attached hydrogens (tertiary/aromatic N) is 1.